The van der Waals surface area contributed by atoms with Crippen molar-refractivity contribution in [2.75, 3.05) is 52.6 Å². The lowest BCUT2D eigenvalue weighted by Crippen LogP contribution is -2.38. The first kappa shape index (κ1) is 21.3. The zero-order valence-electron chi connectivity index (χ0n) is 17.4. The fraction of sp³-hybridized carbons (Fsp3) is 0.417. The van der Waals surface area contributed by atoms with Crippen LogP contribution in [0.3, 0.4) is 0 Å². The number of hydrogen-bond donors (Lipinski definition) is 0. The first-order valence-electron chi connectivity index (χ1n) is 10.6. The highest BCUT2D eigenvalue weighted by atomic mass is 16.5. The molecule has 31 heavy (non-hydrogen) atoms. The summed E-state index contributed by atoms with van der Waals surface area (Å²) in [6, 6.07) is 19.6. The topological polar surface area (TPSA) is 81.8 Å². The van der Waals surface area contributed by atoms with Crippen molar-refractivity contribution in [2.45, 2.75) is 12.1 Å². The highest BCUT2D eigenvalue weighted by Gasteiger charge is 2.23. The predicted octanol–water partition coefficient (Wildman–Crippen LogP) is 3.27. The second-order valence-electron chi connectivity index (χ2n) is 7.60. The lowest BCUT2D eigenvalue weighted by Gasteiger charge is -2.30. The Labute approximate surface area is 183 Å². The molecule has 0 bridgehead atoms. The molecule has 4 rings (SSSR count). The Bertz CT molecular complexity index is 844. The molecular formula is C24H26N4O3. The Balaban J connectivity index is 1.40. The number of hydrogen-bond acceptors (Lipinski definition) is 7. The van der Waals surface area contributed by atoms with Crippen LogP contribution in [0.25, 0.3) is 0 Å². The summed E-state index contributed by atoms with van der Waals surface area (Å²) in [6.45, 7) is 5.68. The third-order valence-corrected chi connectivity index (χ3v) is 5.69. The van der Waals surface area contributed by atoms with Gasteiger partial charge in [-0.05, 0) is 35.4 Å². The fourth-order valence-corrected chi connectivity index (χ4v) is 3.98. The third kappa shape index (κ3) is 5.22. The molecule has 2 atom stereocenters. The van der Waals surface area contributed by atoms with Crippen molar-refractivity contribution in [3.05, 3.63) is 59.7 Å². The first-order chi connectivity index (χ1) is 15.3. The fourth-order valence-electron chi connectivity index (χ4n) is 3.98. The van der Waals surface area contributed by atoms with Crippen molar-refractivity contribution in [1.29, 1.82) is 10.5 Å². The minimum Gasteiger partial charge on any atom is -0.457 e. The van der Waals surface area contributed by atoms with Gasteiger partial charge >= 0.3 is 0 Å². The molecule has 2 unspecified atom stereocenters. The maximum Gasteiger partial charge on any atom is 0.127 e. The van der Waals surface area contributed by atoms with Crippen LogP contribution >= 0.6 is 0 Å². The van der Waals surface area contributed by atoms with E-state index in [1.54, 1.807) is 0 Å². The lowest BCUT2D eigenvalue weighted by atomic mass is 10.1. The van der Waals surface area contributed by atoms with Gasteiger partial charge in [0.15, 0.2) is 0 Å². The molecular weight excluding hydrogens is 392 g/mol. The number of morpholine rings is 2. The molecule has 0 spiro atoms. The third-order valence-electron chi connectivity index (χ3n) is 5.69. The SMILES string of the molecule is N#CC(c1ccc(Oc2ccc(C(C#N)N3CCOCC3)cc2)cc1)N1CCOCC1. The summed E-state index contributed by atoms with van der Waals surface area (Å²) >= 11 is 0. The summed E-state index contributed by atoms with van der Waals surface area (Å²) < 4.78 is 16.7. The van der Waals surface area contributed by atoms with Crippen LogP contribution in [0.2, 0.25) is 0 Å². The van der Waals surface area contributed by atoms with Crippen molar-refractivity contribution >= 4 is 0 Å². The molecule has 0 saturated carbocycles. The molecule has 160 valence electrons. The van der Waals surface area contributed by atoms with Crippen molar-refractivity contribution in [1.82, 2.24) is 9.80 Å². The number of benzene rings is 2. The van der Waals surface area contributed by atoms with E-state index in [0.29, 0.717) is 37.9 Å². The maximum atomic E-state index is 9.62. The van der Waals surface area contributed by atoms with Crippen molar-refractivity contribution in [3.63, 3.8) is 0 Å². The molecule has 2 aliphatic heterocycles. The summed E-state index contributed by atoms with van der Waals surface area (Å²) in [6.07, 6.45) is 0. The van der Waals surface area contributed by atoms with Crippen LogP contribution in [0.5, 0.6) is 11.5 Å². The van der Waals surface area contributed by atoms with Gasteiger partial charge in [0.2, 0.25) is 0 Å². The Morgan fingerprint density at radius 3 is 1.32 bits per heavy atom. The normalized spacial score (nSPS) is 19.7. The lowest BCUT2D eigenvalue weighted by molar-refractivity contribution is 0.0266. The van der Waals surface area contributed by atoms with E-state index in [1.807, 2.05) is 48.5 Å². The average Bonchev–Trinajstić information content (AvgIpc) is 2.84. The van der Waals surface area contributed by atoms with Gasteiger partial charge in [0.1, 0.15) is 23.6 Å². The number of ether oxygens (including phenoxy) is 3. The summed E-state index contributed by atoms with van der Waals surface area (Å²) in [4.78, 5) is 4.27. The average molecular weight is 418 g/mol. The largest absolute Gasteiger partial charge is 0.457 e. The van der Waals surface area contributed by atoms with Gasteiger partial charge in [0, 0.05) is 26.2 Å². The standard InChI is InChI=1S/C24H26N4O3/c25-17-23(27-9-13-29-14-10-27)19-1-5-21(6-2-19)31-22-7-3-20(4-8-22)24(18-26)28-11-15-30-16-12-28/h1-8,23-24H,9-16H2. The second-order valence-corrected chi connectivity index (χ2v) is 7.60. The summed E-state index contributed by atoms with van der Waals surface area (Å²) in [5.74, 6) is 1.42. The van der Waals surface area contributed by atoms with Gasteiger partial charge in [-0.25, -0.2) is 0 Å². The molecule has 2 saturated heterocycles. The van der Waals surface area contributed by atoms with Gasteiger partial charge in [-0.2, -0.15) is 10.5 Å². The van der Waals surface area contributed by atoms with E-state index in [9.17, 15) is 10.5 Å². The molecule has 7 heteroatoms. The van der Waals surface area contributed by atoms with E-state index in [2.05, 4.69) is 21.9 Å². The van der Waals surface area contributed by atoms with Crippen LogP contribution in [-0.4, -0.2) is 62.4 Å². The molecule has 0 radical (unpaired) electrons. The molecule has 0 aromatic heterocycles. The number of rotatable bonds is 6. The van der Waals surface area contributed by atoms with E-state index in [0.717, 1.165) is 37.3 Å². The van der Waals surface area contributed by atoms with Gasteiger partial charge in [0.25, 0.3) is 0 Å². The van der Waals surface area contributed by atoms with Crippen LogP contribution in [-0.2, 0) is 9.47 Å². The quantitative estimate of drug-likeness (QED) is 0.712. The van der Waals surface area contributed by atoms with E-state index < -0.39 is 0 Å². The Morgan fingerprint density at radius 1 is 0.645 bits per heavy atom. The Hall–Kier alpha value is -2.94. The summed E-state index contributed by atoms with van der Waals surface area (Å²) in [5, 5.41) is 19.2. The number of nitrogens with zero attached hydrogens (tertiary/aromatic N) is 4. The van der Waals surface area contributed by atoms with Gasteiger partial charge < -0.3 is 14.2 Å². The van der Waals surface area contributed by atoms with E-state index >= 15 is 0 Å². The van der Waals surface area contributed by atoms with Crippen LogP contribution in [0.15, 0.2) is 48.5 Å². The minimum absolute atomic E-state index is 0.277. The maximum absolute atomic E-state index is 9.62. The molecule has 2 aliphatic rings. The molecule has 0 aliphatic carbocycles. The van der Waals surface area contributed by atoms with Gasteiger partial charge in [0.05, 0.1) is 38.6 Å². The zero-order chi connectivity index (χ0) is 21.5. The van der Waals surface area contributed by atoms with E-state index in [4.69, 9.17) is 14.2 Å². The Morgan fingerprint density at radius 2 is 1.00 bits per heavy atom. The monoisotopic (exact) mass is 418 g/mol. The van der Waals surface area contributed by atoms with Gasteiger partial charge in [-0.1, -0.05) is 24.3 Å². The second kappa shape index (κ2) is 10.4. The van der Waals surface area contributed by atoms with E-state index in [-0.39, 0.29) is 12.1 Å². The van der Waals surface area contributed by atoms with Crippen molar-refractivity contribution in [2.24, 2.45) is 0 Å². The van der Waals surface area contributed by atoms with Crippen molar-refractivity contribution in [3.8, 4) is 23.6 Å². The summed E-state index contributed by atoms with van der Waals surface area (Å²) in [5.41, 5.74) is 1.91. The molecule has 0 N–H and O–H groups in total. The van der Waals surface area contributed by atoms with Gasteiger partial charge in [-0.15, -0.1) is 0 Å². The summed E-state index contributed by atoms with van der Waals surface area (Å²) in [7, 11) is 0. The highest BCUT2D eigenvalue weighted by Crippen LogP contribution is 2.28. The van der Waals surface area contributed by atoms with Crippen LogP contribution < -0.4 is 4.74 Å². The smallest absolute Gasteiger partial charge is 0.127 e. The van der Waals surface area contributed by atoms with Crippen molar-refractivity contribution < 1.29 is 14.2 Å². The number of nitriles is 2. The minimum atomic E-state index is -0.277. The molecule has 2 heterocycles. The molecule has 0 amide bonds. The van der Waals surface area contributed by atoms with E-state index in [1.165, 1.54) is 0 Å². The molecule has 2 aromatic carbocycles. The van der Waals surface area contributed by atoms with Crippen LogP contribution in [0, 0.1) is 22.7 Å². The predicted molar refractivity (Wildman–Crippen MR) is 114 cm³/mol. The first-order valence-corrected chi connectivity index (χ1v) is 10.6. The van der Waals surface area contributed by atoms with Crippen LogP contribution in [0.4, 0.5) is 0 Å². The molecule has 7 nitrogen and oxygen atoms in total. The highest BCUT2D eigenvalue weighted by molar-refractivity contribution is 5.37. The molecule has 2 aromatic rings. The van der Waals surface area contributed by atoms with Gasteiger partial charge in [-0.3, -0.25) is 9.80 Å². The van der Waals surface area contributed by atoms with Crippen LogP contribution in [0.1, 0.15) is 23.2 Å². The molecule has 2 fully saturated rings. The Kier molecular flexibility index (Phi) is 7.14. The zero-order valence-corrected chi connectivity index (χ0v) is 17.4.